The Morgan fingerprint density at radius 1 is 1.38 bits per heavy atom. The Morgan fingerprint density at radius 2 is 2.06 bits per heavy atom. The van der Waals surface area contributed by atoms with E-state index >= 15 is 0 Å². The Kier molecular flexibility index (Phi) is 4.12. The minimum absolute atomic E-state index is 0.226. The molecule has 3 nitrogen and oxygen atoms in total. The van der Waals surface area contributed by atoms with Gasteiger partial charge >= 0.3 is 6.18 Å². The molecule has 0 saturated carbocycles. The summed E-state index contributed by atoms with van der Waals surface area (Å²) in [5.74, 6) is 0.369. The standard InChI is InChI=1S/C10H14F3N3/c1-3-7(2)15-16-9-5-4-8(6-14-9)10(11,12)13/h4-7,15H,3H2,1-2H3,(H,14,16). The molecule has 0 aliphatic carbocycles. The van der Waals surface area contributed by atoms with E-state index in [1.165, 1.54) is 6.07 Å². The van der Waals surface area contributed by atoms with Crippen LogP contribution in [-0.2, 0) is 6.18 Å². The van der Waals surface area contributed by atoms with Gasteiger partial charge in [0.1, 0.15) is 5.82 Å². The largest absolute Gasteiger partial charge is 0.417 e. The molecule has 0 spiro atoms. The van der Waals surface area contributed by atoms with Crippen molar-refractivity contribution in [3.8, 4) is 0 Å². The lowest BCUT2D eigenvalue weighted by Gasteiger charge is -2.13. The van der Waals surface area contributed by atoms with Gasteiger partial charge in [-0.2, -0.15) is 13.2 Å². The number of alkyl halides is 3. The summed E-state index contributed by atoms with van der Waals surface area (Å²) in [6, 6.07) is 2.51. The first-order valence-electron chi connectivity index (χ1n) is 4.98. The van der Waals surface area contributed by atoms with Crippen LogP contribution in [0.15, 0.2) is 18.3 Å². The maximum Gasteiger partial charge on any atom is 0.417 e. The quantitative estimate of drug-likeness (QED) is 0.785. The van der Waals surface area contributed by atoms with Gasteiger partial charge in [0.25, 0.3) is 0 Å². The van der Waals surface area contributed by atoms with Gasteiger partial charge in [-0.25, -0.2) is 10.4 Å². The molecule has 0 aromatic carbocycles. The van der Waals surface area contributed by atoms with Crippen LogP contribution >= 0.6 is 0 Å². The second kappa shape index (κ2) is 5.16. The zero-order chi connectivity index (χ0) is 12.2. The van der Waals surface area contributed by atoms with E-state index in [0.29, 0.717) is 5.82 Å². The van der Waals surface area contributed by atoms with Gasteiger partial charge in [-0.3, -0.25) is 0 Å². The lowest BCUT2D eigenvalue weighted by molar-refractivity contribution is -0.137. The molecule has 0 fully saturated rings. The molecule has 0 saturated heterocycles. The Morgan fingerprint density at radius 3 is 2.50 bits per heavy atom. The van der Waals surface area contributed by atoms with Crippen molar-refractivity contribution in [1.29, 1.82) is 0 Å². The number of nitrogens with one attached hydrogen (secondary N) is 2. The Hall–Kier alpha value is -1.30. The molecule has 1 atom stereocenters. The van der Waals surface area contributed by atoms with Crippen LogP contribution in [0.25, 0.3) is 0 Å². The number of aromatic nitrogens is 1. The molecule has 0 bridgehead atoms. The summed E-state index contributed by atoms with van der Waals surface area (Å²) in [5, 5.41) is 0. The molecule has 0 aliphatic rings. The van der Waals surface area contributed by atoms with Crippen molar-refractivity contribution >= 4 is 5.82 Å². The third-order valence-electron chi connectivity index (χ3n) is 2.15. The molecule has 6 heteroatoms. The summed E-state index contributed by atoms with van der Waals surface area (Å²) in [6.45, 7) is 3.95. The van der Waals surface area contributed by atoms with E-state index in [0.717, 1.165) is 18.7 Å². The molecule has 0 amide bonds. The molecule has 0 aliphatic heterocycles. The molecule has 1 rings (SSSR count). The van der Waals surface area contributed by atoms with Gasteiger partial charge in [-0.15, -0.1) is 0 Å². The number of pyridine rings is 1. The average molecular weight is 233 g/mol. The van der Waals surface area contributed by atoms with Gasteiger partial charge in [0, 0.05) is 12.2 Å². The van der Waals surface area contributed by atoms with Gasteiger partial charge in [0.15, 0.2) is 0 Å². The fraction of sp³-hybridized carbons (Fsp3) is 0.500. The molecule has 1 heterocycles. The predicted molar refractivity (Wildman–Crippen MR) is 55.8 cm³/mol. The van der Waals surface area contributed by atoms with E-state index < -0.39 is 11.7 Å². The SMILES string of the molecule is CCC(C)NNc1ccc(C(F)(F)F)cn1. The fourth-order valence-electron chi connectivity index (χ4n) is 0.935. The van der Waals surface area contributed by atoms with Gasteiger partial charge in [-0.1, -0.05) is 6.92 Å². The molecular formula is C10H14F3N3. The van der Waals surface area contributed by atoms with Crippen LogP contribution in [0.2, 0.25) is 0 Å². The normalized spacial score (nSPS) is 13.6. The van der Waals surface area contributed by atoms with Crippen molar-refractivity contribution in [2.24, 2.45) is 0 Å². The first-order valence-corrected chi connectivity index (χ1v) is 4.98. The molecule has 1 unspecified atom stereocenters. The number of anilines is 1. The minimum Gasteiger partial charge on any atom is -0.306 e. The monoisotopic (exact) mass is 233 g/mol. The zero-order valence-corrected chi connectivity index (χ0v) is 9.10. The number of hydrazine groups is 1. The van der Waals surface area contributed by atoms with E-state index in [1.54, 1.807) is 0 Å². The summed E-state index contributed by atoms with van der Waals surface area (Å²) in [5.41, 5.74) is 4.91. The third kappa shape index (κ3) is 3.69. The van der Waals surface area contributed by atoms with Crippen LogP contribution < -0.4 is 10.9 Å². The minimum atomic E-state index is -4.34. The van der Waals surface area contributed by atoms with Gasteiger partial charge in [0.2, 0.25) is 0 Å². The molecule has 90 valence electrons. The summed E-state index contributed by atoms with van der Waals surface area (Å²) in [6.07, 6.45) is -2.62. The number of nitrogens with zero attached hydrogens (tertiary/aromatic N) is 1. The van der Waals surface area contributed by atoms with Crippen molar-refractivity contribution in [3.05, 3.63) is 23.9 Å². The van der Waals surface area contributed by atoms with Crippen molar-refractivity contribution in [2.75, 3.05) is 5.43 Å². The maximum atomic E-state index is 12.2. The van der Waals surface area contributed by atoms with Crippen LogP contribution in [0.5, 0.6) is 0 Å². The van der Waals surface area contributed by atoms with E-state index in [4.69, 9.17) is 0 Å². The molecule has 1 aromatic heterocycles. The van der Waals surface area contributed by atoms with E-state index in [9.17, 15) is 13.2 Å². The number of rotatable bonds is 4. The molecule has 0 radical (unpaired) electrons. The van der Waals surface area contributed by atoms with Crippen molar-refractivity contribution in [3.63, 3.8) is 0 Å². The summed E-state index contributed by atoms with van der Waals surface area (Å²) in [4.78, 5) is 3.66. The lowest BCUT2D eigenvalue weighted by Crippen LogP contribution is -2.31. The van der Waals surface area contributed by atoms with E-state index in [2.05, 4.69) is 15.8 Å². The molecule has 2 N–H and O–H groups in total. The Balaban J connectivity index is 2.58. The van der Waals surface area contributed by atoms with Crippen molar-refractivity contribution in [2.45, 2.75) is 32.5 Å². The first kappa shape index (κ1) is 12.8. The van der Waals surface area contributed by atoms with Gasteiger partial charge in [0.05, 0.1) is 5.56 Å². The smallest absolute Gasteiger partial charge is 0.306 e. The number of halogens is 3. The van der Waals surface area contributed by atoms with Crippen LogP contribution in [0.3, 0.4) is 0 Å². The zero-order valence-electron chi connectivity index (χ0n) is 9.10. The Bertz CT molecular complexity index is 321. The van der Waals surface area contributed by atoms with Crippen LogP contribution in [0.1, 0.15) is 25.8 Å². The molecule has 16 heavy (non-hydrogen) atoms. The fourth-order valence-corrected chi connectivity index (χ4v) is 0.935. The van der Waals surface area contributed by atoms with Crippen LogP contribution in [0, 0.1) is 0 Å². The van der Waals surface area contributed by atoms with E-state index in [1.807, 2.05) is 13.8 Å². The number of hydrogen-bond donors (Lipinski definition) is 2. The summed E-state index contributed by atoms with van der Waals surface area (Å²) in [7, 11) is 0. The maximum absolute atomic E-state index is 12.2. The highest BCUT2D eigenvalue weighted by Gasteiger charge is 2.30. The van der Waals surface area contributed by atoms with Gasteiger partial charge < -0.3 is 5.43 Å². The first-order chi connectivity index (χ1) is 7.43. The lowest BCUT2D eigenvalue weighted by atomic mass is 10.3. The molecule has 1 aromatic rings. The predicted octanol–water partition coefficient (Wildman–Crippen LogP) is 2.82. The van der Waals surface area contributed by atoms with Gasteiger partial charge in [-0.05, 0) is 25.5 Å². The topological polar surface area (TPSA) is 37.0 Å². The summed E-state index contributed by atoms with van der Waals surface area (Å²) >= 11 is 0. The highest BCUT2D eigenvalue weighted by Crippen LogP contribution is 2.28. The number of hydrogen-bond acceptors (Lipinski definition) is 3. The average Bonchev–Trinajstić information content (AvgIpc) is 2.25. The Labute approximate surface area is 92.0 Å². The third-order valence-corrected chi connectivity index (χ3v) is 2.15. The van der Waals surface area contributed by atoms with Crippen LogP contribution in [0.4, 0.5) is 19.0 Å². The van der Waals surface area contributed by atoms with Crippen molar-refractivity contribution in [1.82, 2.24) is 10.4 Å². The highest BCUT2D eigenvalue weighted by atomic mass is 19.4. The van der Waals surface area contributed by atoms with Crippen molar-refractivity contribution < 1.29 is 13.2 Å². The second-order valence-electron chi connectivity index (χ2n) is 3.51. The van der Waals surface area contributed by atoms with Crippen LogP contribution in [-0.4, -0.2) is 11.0 Å². The highest BCUT2D eigenvalue weighted by molar-refractivity contribution is 5.35. The molecular weight excluding hydrogens is 219 g/mol. The second-order valence-corrected chi connectivity index (χ2v) is 3.51. The van der Waals surface area contributed by atoms with E-state index in [-0.39, 0.29) is 6.04 Å². The summed E-state index contributed by atoms with van der Waals surface area (Å²) < 4.78 is 36.6.